The second-order valence-corrected chi connectivity index (χ2v) is 8.77. The molecule has 0 aliphatic carbocycles. The fourth-order valence-corrected chi connectivity index (χ4v) is 5.62. The average Bonchev–Trinajstić information content (AvgIpc) is 2.55. The lowest BCUT2D eigenvalue weighted by Gasteiger charge is -2.05. The van der Waals surface area contributed by atoms with Crippen molar-refractivity contribution in [2.45, 2.75) is 16.7 Å². The lowest BCUT2D eigenvalue weighted by molar-refractivity contribution is 0.00380. The standard InChI is InChI=1S/C15H14N2O5S2/c1-11-5-3-4-6-14(11)24(20,21)15(17-16)23(18,19)13-9-7-12(22-2)8-10-13/h3-10H,1-2H3. The first-order valence-corrected chi connectivity index (χ1v) is 9.63. The van der Waals surface area contributed by atoms with E-state index in [9.17, 15) is 16.8 Å². The van der Waals surface area contributed by atoms with Crippen LogP contribution in [0.1, 0.15) is 5.56 Å². The summed E-state index contributed by atoms with van der Waals surface area (Å²) in [5.74, 6) is 0.401. The third-order valence-electron chi connectivity index (χ3n) is 3.29. The summed E-state index contributed by atoms with van der Waals surface area (Å²) in [7, 11) is -7.66. The fraction of sp³-hybridized carbons (Fsp3) is 0.133. The number of sulfone groups is 2. The van der Waals surface area contributed by atoms with Crippen LogP contribution in [0.15, 0.2) is 58.3 Å². The molecule has 0 aliphatic heterocycles. The van der Waals surface area contributed by atoms with Crippen LogP contribution in [0.2, 0.25) is 0 Å². The van der Waals surface area contributed by atoms with Crippen molar-refractivity contribution in [3.8, 4) is 5.75 Å². The van der Waals surface area contributed by atoms with Gasteiger partial charge in [0.05, 0.1) is 16.9 Å². The van der Waals surface area contributed by atoms with Gasteiger partial charge in [-0.25, -0.2) is 16.8 Å². The highest BCUT2D eigenvalue weighted by atomic mass is 32.3. The SMILES string of the molecule is COc1ccc(S(=O)(=O)C(=[N+]=[N-])S(=O)(=O)c2ccccc2C)cc1. The van der Waals surface area contributed by atoms with E-state index in [1.165, 1.54) is 56.5 Å². The molecule has 0 saturated carbocycles. The molecule has 0 unspecified atom stereocenters. The summed E-state index contributed by atoms with van der Waals surface area (Å²) < 4.78 is 54.0. The van der Waals surface area contributed by atoms with Crippen LogP contribution in [-0.4, -0.2) is 33.1 Å². The highest BCUT2D eigenvalue weighted by Gasteiger charge is 2.44. The Hall–Kier alpha value is -2.48. The van der Waals surface area contributed by atoms with Gasteiger partial charge in [-0.2, -0.15) is 0 Å². The highest BCUT2D eigenvalue weighted by molar-refractivity contribution is 8.31. The number of nitrogens with zero attached hydrogens (tertiary/aromatic N) is 2. The quantitative estimate of drug-likeness (QED) is 0.356. The maximum atomic E-state index is 12.6. The minimum absolute atomic E-state index is 0.241. The lowest BCUT2D eigenvalue weighted by atomic mass is 10.2. The van der Waals surface area contributed by atoms with Crippen LogP contribution in [0, 0.1) is 6.92 Å². The normalized spacial score (nSPS) is 11.6. The number of aryl methyl sites for hydroxylation is 1. The third kappa shape index (κ3) is 3.09. The second kappa shape index (κ2) is 6.56. The number of benzene rings is 2. The summed E-state index contributed by atoms with van der Waals surface area (Å²) in [6.07, 6.45) is 0. The Morgan fingerprint density at radius 2 is 1.54 bits per heavy atom. The van der Waals surface area contributed by atoms with Crippen LogP contribution in [0.4, 0.5) is 0 Å². The summed E-state index contributed by atoms with van der Waals surface area (Å²) in [6.45, 7) is 1.52. The molecule has 7 nitrogen and oxygen atoms in total. The summed E-state index contributed by atoms with van der Waals surface area (Å²) in [6, 6.07) is 10.9. The first-order valence-electron chi connectivity index (χ1n) is 6.67. The molecule has 0 aromatic heterocycles. The van der Waals surface area contributed by atoms with E-state index >= 15 is 0 Å². The van der Waals surface area contributed by atoms with E-state index in [1.807, 2.05) is 0 Å². The van der Waals surface area contributed by atoms with E-state index in [0.717, 1.165) is 0 Å². The molecule has 0 spiro atoms. The van der Waals surface area contributed by atoms with E-state index in [2.05, 4.69) is 4.79 Å². The van der Waals surface area contributed by atoms with Crippen LogP contribution in [0.3, 0.4) is 0 Å². The van der Waals surface area contributed by atoms with Crippen molar-refractivity contribution in [2.24, 2.45) is 0 Å². The van der Waals surface area contributed by atoms with Crippen molar-refractivity contribution in [2.75, 3.05) is 7.11 Å². The summed E-state index contributed by atoms with van der Waals surface area (Å²) >= 11 is 0. The monoisotopic (exact) mass is 366 g/mol. The molecule has 0 heterocycles. The van der Waals surface area contributed by atoms with Crippen LogP contribution in [-0.2, 0) is 19.7 Å². The maximum Gasteiger partial charge on any atom is 0.504 e. The zero-order valence-electron chi connectivity index (χ0n) is 12.9. The van der Waals surface area contributed by atoms with E-state index in [-0.39, 0.29) is 9.79 Å². The zero-order valence-corrected chi connectivity index (χ0v) is 14.5. The number of rotatable bonds is 3. The molecule has 2 aromatic rings. The minimum atomic E-state index is -4.54. The van der Waals surface area contributed by atoms with Crippen LogP contribution in [0.25, 0.3) is 5.53 Å². The minimum Gasteiger partial charge on any atom is -0.497 e. The Bertz CT molecular complexity index is 1020. The Morgan fingerprint density at radius 1 is 0.958 bits per heavy atom. The second-order valence-electron chi connectivity index (χ2n) is 4.81. The molecule has 24 heavy (non-hydrogen) atoms. The number of ether oxygens (including phenoxy) is 1. The molecule has 0 aliphatic rings. The predicted octanol–water partition coefficient (Wildman–Crippen LogP) is 1.84. The summed E-state index contributed by atoms with van der Waals surface area (Å²) in [5.41, 5.74) is 9.45. The molecular formula is C15H14N2O5S2. The first kappa shape index (κ1) is 17.9. The van der Waals surface area contributed by atoms with Crippen LogP contribution >= 0.6 is 0 Å². The van der Waals surface area contributed by atoms with Crippen molar-refractivity contribution in [3.63, 3.8) is 0 Å². The van der Waals surface area contributed by atoms with Gasteiger partial charge in [-0.15, -0.1) is 4.79 Å². The van der Waals surface area contributed by atoms with E-state index in [0.29, 0.717) is 11.3 Å². The molecule has 2 aromatic carbocycles. The molecular weight excluding hydrogens is 352 g/mol. The van der Waals surface area contributed by atoms with Crippen LogP contribution in [0.5, 0.6) is 5.75 Å². The van der Waals surface area contributed by atoms with Gasteiger partial charge in [0.25, 0.3) is 19.7 Å². The first-order chi connectivity index (χ1) is 11.2. The van der Waals surface area contributed by atoms with Gasteiger partial charge in [0.15, 0.2) is 0 Å². The maximum absolute atomic E-state index is 12.6. The van der Waals surface area contributed by atoms with Gasteiger partial charge in [-0.1, -0.05) is 18.2 Å². The predicted molar refractivity (Wildman–Crippen MR) is 87.2 cm³/mol. The molecule has 0 atom stereocenters. The van der Waals surface area contributed by atoms with Gasteiger partial charge in [-0.3, -0.25) is 0 Å². The van der Waals surface area contributed by atoms with Crippen molar-refractivity contribution in [1.29, 1.82) is 0 Å². The van der Waals surface area contributed by atoms with Crippen molar-refractivity contribution in [3.05, 3.63) is 59.6 Å². The zero-order chi connectivity index (χ0) is 18.0. The summed E-state index contributed by atoms with van der Waals surface area (Å²) in [4.78, 5) is 2.01. The van der Waals surface area contributed by atoms with Gasteiger partial charge in [-0.05, 0) is 42.8 Å². The lowest BCUT2D eigenvalue weighted by Crippen LogP contribution is -2.26. The van der Waals surface area contributed by atoms with Crippen molar-refractivity contribution >= 4 is 24.1 Å². The Kier molecular flexibility index (Phi) is 4.88. The molecule has 0 saturated heterocycles. The van der Waals surface area contributed by atoms with Crippen LogP contribution < -0.4 is 4.74 Å². The number of hydrogen-bond donors (Lipinski definition) is 0. The summed E-state index contributed by atoms with van der Waals surface area (Å²) in [5, 5.41) is 0. The smallest absolute Gasteiger partial charge is 0.497 e. The van der Waals surface area contributed by atoms with Gasteiger partial charge >= 0.3 is 4.38 Å². The number of methoxy groups -OCH3 is 1. The largest absolute Gasteiger partial charge is 0.504 e. The molecule has 0 bridgehead atoms. The molecule has 2 rings (SSSR count). The van der Waals surface area contributed by atoms with Gasteiger partial charge in [0.1, 0.15) is 5.75 Å². The number of hydrogen-bond acceptors (Lipinski definition) is 5. The molecule has 0 fully saturated rings. The van der Waals surface area contributed by atoms with E-state index < -0.39 is 24.1 Å². The topological polar surface area (TPSA) is 114 Å². The van der Waals surface area contributed by atoms with Gasteiger partial charge < -0.3 is 10.3 Å². The Balaban J connectivity index is 2.63. The third-order valence-corrected chi connectivity index (χ3v) is 7.62. The molecule has 0 amide bonds. The fourth-order valence-electron chi connectivity index (χ4n) is 2.06. The van der Waals surface area contributed by atoms with E-state index in [1.54, 1.807) is 6.07 Å². The van der Waals surface area contributed by atoms with Crippen molar-refractivity contribution < 1.29 is 26.4 Å². The Morgan fingerprint density at radius 3 is 2.04 bits per heavy atom. The molecule has 9 heteroatoms. The Labute approximate surface area is 140 Å². The molecule has 126 valence electrons. The van der Waals surface area contributed by atoms with E-state index in [4.69, 9.17) is 10.3 Å². The molecule has 0 N–H and O–H groups in total. The van der Waals surface area contributed by atoms with Gasteiger partial charge in [0, 0.05) is 0 Å². The van der Waals surface area contributed by atoms with Gasteiger partial charge in [0.2, 0.25) is 0 Å². The highest BCUT2D eigenvalue weighted by Crippen LogP contribution is 2.24. The molecule has 0 radical (unpaired) electrons. The average molecular weight is 366 g/mol. The van der Waals surface area contributed by atoms with Crippen molar-refractivity contribution in [1.82, 2.24) is 0 Å².